The fraction of sp³-hybridized carbons (Fsp3) is 0.667. The fourth-order valence-corrected chi connectivity index (χ4v) is 5.56. The van der Waals surface area contributed by atoms with Gasteiger partial charge in [0.2, 0.25) is 0 Å². The summed E-state index contributed by atoms with van der Waals surface area (Å²) >= 11 is 0.500. The first-order valence-corrected chi connectivity index (χ1v) is 15.2. The number of aryl methyl sites for hydroxylation is 1. The molecule has 0 aliphatic heterocycles. The number of benzene rings is 1. The number of halogens is 1. The SMILES string of the molecule is C[C@]12CC[C@@H]3c4ccc(O)cc4CC[C@H]3[C@@H]1C[C@@H](O)[C@@H]2O.[Cl][Hg]. The normalized spacial score (nSPS) is 41.2. The molecule has 3 aliphatic rings. The summed E-state index contributed by atoms with van der Waals surface area (Å²) in [6.07, 6.45) is 3.80. The zero-order valence-electron chi connectivity index (χ0n) is 13.6. The molecule has 3 aliphatic carbocycles. The van der Waals surface area contributed by atoms with Gasteiger partial charge in [0.15, 0.2) is 0 Å². The van der Waals surface area contributed by atoms with Crippen molar-refractivity contribution in [2.45, 2.75) is 57.2 Å². The van der Waals surface area contributed by atoms with Gasteiger partial charge in [0.1, 0.15) is 5.75 Å². The molecule has 5 heteroatoms. The van der Waals surface area contributed by atoms with Gasteiger partial charge in [-0.05, 0) is 78.5 Å². The Bertz CT molecular complexity index is 581. The minimum absolute atomic E-state index is 0.116. The predicted molar refractivity (Wildman–Crippen MR) is 86.0 cm³/mol. The molecule has 0 amide bonds. The molecule has 1 aromatic rings. The van der Waals surface area contributed by atoms with Crippen LogP contribution in [0.2, 0.25) is 0 Å². The zero-order valence-corrected chi connectivity index (χ0v) is 19.8. The van der Waals surface area contributed by atoms with E-state index >= 15 is 0 Å². The average Bonchev–Trinajstić information content (AvgIpc) is 2.80. The molecule has 0 saturated heterocycles. The number of phenolic OH excluding ortho intramolecular Hbond substituents is 1. The molecule has 0 unspecified atom stereocenters. The summed E-state index contributed by atoms with van der Waals surface area (Å²) in [5.74, 6) is 1.88. The van der Waals surface area contributed by atoms with Crippen LogP contribution < -0.4 is 0 Å². The van der Waals surface area contributed by atoms with Gasteiger partial charge in [-0.25, -0.2) is 0 Å². The summed E-state index contributed by atoms with van der Waals surface area (Å²) in [6, 6.07) is 5.80. The standard InChI is InChI=1S/C18H24O3.ClH.Hg/c1-18-7-6-13-12-5-3-11(19)8-10(12)2-4-14(13)15(18)9-16(20)17(18)21;;/h3,5,8,13-17,19-21H,2,4,6-7,9H2,1H3;1H;/q;;+1/p-1/t13-,14-,15+,16-,17+,18+;;/m1../s1. The Hall–Kier alpha value is 0.165. The average molecular weight is 524 g/mol. The fourth-order valence-electron chi connectivity index (χ4n) is 5.56. The molecule has 0 radical (unpaired) electrons. The summed E-state index contributed by atoms with van der Waals surface area (Å²) in [4.78, 5) is 0. The third-order valence-electron chi connectivity index (χ3n) is 6.68. The number of aromatic hydroxyl groups is 1. The van der Waals surface area contributed by atoms with Crippen LogP contribution in [0, 0.1) is 17.3 Å². The zero-order chi connectivity index (χ0) is 16.8. The minimum atomic E-state index is -0.565. The van der Waals surface area contributed by atoms with E-state index in [1.54, 1.807) is 6.07 Å². The molecular formula is C18H24ClHgO3. The van der Waals surface area contributed by atoms with Gasteiger partial charge < -0.3 is 15.3 Å². The van der Waals surface area contributed by atoms with Gasteiger partial charge in [0.25, 0.3) is 0 Å². The number of fused-ring (bicyclic) bond motifs is 5. The van der Waals surface area contributed by atoms with Crippen molar-refractivity contribution < 1.29 is 40.2 Å². The molecule has 2 saturated carbocycles. The number of hydrogen-bond donors (Lipinski definition) is 3. The second-order valence-electron chi connectivity index (χ2n) is 7.59. The number of aliphatic hydroxyl groups excluding tert-OH is 2. The first-order chi connectivity index (χ1) is 11.0. The second kappa shape index (κ2) is 6.82. The van der Waals surface area contributed by atoms with E-state index in [9.17, 15) is 15.3 Å². The van der Waals surface area contributed by atoms with Gasteiger partial charge in [-0.1, -0.05) is 13.0 Å². The second-order valence-corrected chi connectivity index (χ2v) is 7.59. The van der Waals surface area contributed by atoms with Crippen LogP contribution in [-0.2, 0) is 31.3 Å². The van der Waals surface area contributed by atoms with Gasteiger partial charge in [-0.2, -0.15) is 0 Å². The molecule has 0 aromatic heterocycles. The van der Waals surface area contributed by atoms with Crippen LogP contribution in [0.3, 0.4) is 0 Å². The Balaban J connectivity index is 0.000000753. The summed E-state index contributed by atoms with van der Waals surface area (Å²) in [5.41, 5.74) is 2.57. The molecule has 1 aromatic carbocycles. The van der Waals surface area contributed by atoms with Crippen LogP contribution in [0.5, 0.6) is 5.75 Å². The maximum atomic E-state index is 10.4. The Labute approximate surface area is 157 Å². The summed E-state index contributed by atoms with van der Waals surface area (Å²) in [6.45, 7) is 2.17. The van der Waals surface area contributed by atoms with E-state index < -0.39 is 12.2 Å². The van der Waals surface area contributed by atoms with Crippen LogP contribution in [0.1, 0.15) is 49.7 Å². The van der Waals surface area contributed by atoms with Gasteiger partial charge in [0, 0.05) is 0 Å². The molecule has 6 atom stereocenters. The monoisotopic (exact) mass is 525 g/mol. The van der Waals surface area contributed by atoms with E-state index in [2.05, 4.69) is 13.0 Å². The van der Waals surface area contributed by atoms with E-state index in [0.29, 0.717) is 48.4 Å². The first kappa shape index (κ1) is 18.0. The maximum absolute atomic E-state index is 10.4. The van der Waals surface area contributed by atoms with E-state index in [4.69, 9.17) is 8.25 Å². The topological polar surface area (TPSA) is 60.7 Å². The molecule has 0 bridgehead atoms. The van der Waals surface area contributed by atoms with E-state index in [0.717, 1.165) is 32.1 Å². The van der Waals surface area contributed by atoms with E-state index in [1.165, 1.54) is 11.1 Å². The number of phenols is 1. The Morgan fingerprint density at radius 3 is 2.70 bits per heavy atom. The predicted octanol–water partition coefficient (Wildman–Crippen LogP) is 3.27. The van der Waals surface area contributed by atoms with Crippen molar-refractivity contribution in [2.75, 3.05) is 0 Å². The number of hydrogen-bond acceptors (Lipinski definition) is 3. The molecule has 3 N–H and O–H groups in total. The van der Waals surface area contributed by atoms with Gasteiger partial charge in [-0.15, -0.1) is 0 Å². The molecule has 0 spiro atoms. The molecule has 4 rings (SSSR count). The van der Waals surface area contributed by atoms with Crippen LogP contribution in [0.15, 0.2) is 18.2 Å². The summed E-state index contributed by atoms with van der Waals surface area (Å²) in [5, 5.41) is 30.2. The van der Waals surface area contributed by atoms with E-state index in [-0.39, 0.29) is 5.41 Å². The summed E-state index contributed by atoms with van der Waals surface area (Å²) in [7, 11) is 4.83. The quantitative estimate of drug-likeness (QED) is 0.457. The first-order valence-electron chi connectivity index (χ1n) is 8.45. The van der Waals surface area contributed by atoms with Crippen LogP contribution in [-0.4, -0.2) is 27.5 Å². The van der Waals surface area contributed by atoms with Crippen molar-refractivity contribution in [3.63, 3.8) is 0 Å². The summed E-state index contributed by atoms with van der Waals surface area (Å²) < 4.78 is 0. The van der Waals surface area contributed by atoms with Gasteiger partial charge in [-0.3, -0.25) is 0 Å². The van der Waals surface area contributed by atoms with Crippen molar-refractivity contribution in [3.05, 3.63) is 29.3 Å². The van der Waals surface area contributed by atoms with Gasteiger partial charge in [0.05, 0.1) is 12.2 Å². The molecule has 2 fully saturated rings. The van der Waals surface area contributed by atoms with Crippen molar-refractivity contribution in [1.29, 1.82) is 0 Å². The molecule has 123 valence electrons. The van der Waals surface area contributed by atoms with Crippen molar-refractivity contribution in [3.8, 4) is 5.75 Å². The molecular weight excluding hydrogens is 500 g/mol. The Kier molecular flexibility index (Phi) is 5.33. The van der Waals surface area contributed by atoms with Crippen molar-refractivity contribution in [1.82, 2.24) is 0 Å². The van der Waals surface area contributed by atoms with Crippen molar-refractivity contribution in [2.24, 2.45) is 17.3 Å². The van der Waals surface area contributed by atoms with Crippen LogP contribution in [0.25, 0.3) is 0 Å². The third kappa shape index (κ3) is 2.86. The Morgan fingerprint density at radius 2 is 1.96 bits per heavy atom. The van der Waals surface area contributed by atoms with E-state index in [1.807, 2.05) is 6.07 Å². The van der Waals surface area contributed by atoms with Gasteiger partial charge >= 0.3 is 33.1 Å². The molecule has 23 heavy (non-hydrogen) atoms. The third-order valence-corrected chi connectivity index (χ3v) is 6.68. The Morgan fingerprint density at radius 1 is 1.22 bits per heavy atom. The molecule has 3 nitrogen and oxygen atoms in total. The van der Waals surface area contributed by atoms with Crippen LogP contribution in [0.4, 0.5) is 0 Å². The number of rotatable bonds is 0. The molecule has 0 heterocycles. The van der Waals surface area contributed by atoms with Crippen molar-refractivity contribution >= 4 is 8.25 Å². The number of aliphatic hydroxyl groups is 2. The van der Waals surface area contributed by atoms with Crippen LogP contribution >= 0.6 is 8.25 Å².